The fourth-order valence-corrected chi connectivity index (χ4v) is 8.51. The summed E-state index contributed by atoms with van der Waals surface area (Å²) in [6, 6.07) is 3.64. The Morgan fingerprint density at radius 1 is 1.25 bits per heavy atom. The van der Waals surface area contributed by atoms with Gasteiger partial charge in [-0.3, -0.25) is 14.9 Å². The van der Waals surface area contributed by atoms with Gasteiger partial charge in [-0.1, -0.05) is 26.8 Å². The van der Waals surface area contributed by atoms with E-state index in [4.69, 9.17) is 4.98 Å². The summed E-state index contributed by atoms with van der Waals surface area (Å²) in [5, 5.41) is 26.8. The molecule has 0 bridgehead atoms. The van der Waals surface area contributed by atoms with Crippen LogP contribution in [0.3, 0.4) is 0 Å². The molecule has 5 rings (SSSR count). The zero-order valence-electron chi connectivity index (χ0n) is 21.3. The lowest BCUT2D eigenvalue weighted by Crippen LogP contribution is -2.57. The first kappa shape index (κ1) is 25.8. The van der Waals surface area contributed by atoms with Crippen molar-refractivity contribution in [2.75, 3.05) is 25.0 Å². The molecule has 3 N–H and O–H groups in total. The van der Waals surface area contributed by atoms with E-state index in [1.807, 2.05) is 23.3 Å². The third-order valence-corrected chi connectivity index (χ3v) is 11.3. The molecule has 2 fully saturated rings. The maximum atomic E-state index is 13.6. The number of thiazole rings is 1. The molecular weight excluding hydrogens is 494 g/mol. The Balaban J connectivity index is 1.49. The van der Waals surface area contributed by atoms with Gasteiger partial charge in [-0.05, 0) is 60.8 Å². The maximum Gasteiger partial charge on any atom is 0.267 e. The molecule has 2 amide bonds. The van der Waals surface area contributed by atoms with Gasteiger partial charge < -0.3 is 15.1 Å². The minimum absolute atomic E-state index is 0.00623. The molecule has 2 aliphatic carbocycles. The standard InChI is InChI=1S/C27H37N3O4S2/c1-16-7-10-30(11-8-16)22(33)13-17-23-19(36-25(28-23)29-24(34)18-5-4-12-35-18)14-20-26(17,2)9-6-21(32)27(20,3)15-31/h4-5,12,16-17,20-21,31-32H,6-11,13-15H2,1-3H3,(H,28,29,34). The molecule has 0 spiro atoms. The molecule has 3 heterocycles. The highest BCUT2D eigenvalue weighted by atomic mass is 32.1. The lowest BCUT2D eigenvalue weighted by molar-refractivity contribution is -0.147. The number of nitrogens with one attached hydrogen (secondary N) is 1. The summed E-state index contributed by atoms with van der Waals surface area (Å²) in [4.78, 5) is 34.9. The topological polar surface area (TPSA) is 103 Å². The summed E-state index contributed by atoms with van der Waals surface area (Å²) < 4.78 is 0. The number of aliphatic hydroxyl groups excluding tert-OH is 2. The monoisotopic (exact) mass is 531 g/mol. The maximum absolute atomic E-state index is 13.6. The number of anilines is 1. The van der Waals surface area contributed by atoms with Crippen LogP contribution in [-0.2, 0) is 11.2 Å². The molecule has 1 saturated carbocycles. The number of fused-ring (bicyclic) bond motifs is 2. The predicted molar refractivity (Wildman–Crippen MR) is 142 cm³/mol. The van der Waals surface area contributed by atoms with Crippen LogP contribution in [0, 0.1) is 22.7 Å². The number of carbonyl (C=O) groups excluding carboxylic acids is 2. The number of piperidine rings is 1. The number of nitrogens with zero attached hydrogens (tertiary/aromatic N) is 2. The lowest BCUT2D eigenvalue weighted by atomic mass is 9.47. The molecule has 1 aliphatic heterocycles. The normalized spacial score (nSPS) is 32.6. The Hall–Kier alpha value is -1.81. The van der Waals surface area contributed by atoms with E-state index in [2.05, 4.69) is 19.2 Å². The number of aromatic nitrogens is 1. The van der Waals surface area contributed by atoms with Crippen molar-refractivity contribution >= 4 is 39.6 Å². The summed E-state index contributed by atoms with van der Waals surface area (Å²) in [5.74, 6) is 0.515. The van der Waals surface area contributed by atoms with E-state index in [0.717, 1.165) is 42.9 Å². The van der Waals surface area contributed by atoms with Gasteiger partial charge in [0.15, 0.2) is 5.13 Å². The second-order valence-corrected chi connectivity index (χ2v) is 13.6. The van der Waals surface area contributed by atoms with Crippen molar-refractivity contribution in [2.24, 2.45) is 22.7 Å². The highest BCUT2D eigenvalue weighted by Crippen LogP contribution is 2.63. The van der Waals surface area contributed by atoms with E-state index in [9.17, 15) is 19.8 Å². The molecule has 36 heavy (non-hydrogen) atoms. The number of likely N-dealkylation sites (tertiary alicyclic amines) is 1. The molecule has 2 aromatic rings. The zero-order chi connectivity index (χ0) is 25.7. The molecule has 5 unspecified atom stereocenters. The summed E-state index contributed by atoms with van der Waals surface area (Å²) >= 11 is 2.86. The van der Waals surface area contributed by atoms with Crippen LogP contribution in [0.4, 0.5) is 5.13 Å². The molecule has 7 nitrogen and oxygen atoms in total. The van der Waals surface area contributed by atoms with Gasteiger partial charge in [-0.15, -0.1) is 22.7 Å². The van der Waals surface area contributed by atoms with Crippen molar-refractivity contribution in [3.05, 3.63) is 33.0 Å². The van der Waals surface area contributed by atoms with E-state index in [-0.39, 0.29) is 35.7 Å². The van der Waals surface area contributed by atoms with E-state index in [1.54, 1.807) is 6.07 Å². The van der Waals surface area contributed by atoms with E-state index < -0.39 is 11.5 Å². The van der Waals surface area contributed by atoms with Crippen molar-refractivity contribution < 1.29 is 19.8 Å². The van der Waals surface area contributed by atoms with Gasteiger partial charge in [-0.2, -0.15) is 0 Å². The number of rotatable bonds is 5. The molecule has 5 atom stereocenters. The molecule has 2 aromatic heterocycles. The first-order valence-corrected chi connectivity index (χ1v) is 14.8. The molecule has 3 aliphatic rings. The molecule has 196 valence electrons. The Kier molecular flexibility index (Phi) is 7.04. The van der Waals surface area contributed by atoms with Crippen molar-refractivity contribution in [1.82, 2.24) is 9.88 Å². The predicted octanol–water partition coefficient (Wildman–Crippen LogP) is 4.52. The SMILES string of the molecule is CC1CCN(C(=O)CC2c3nc(NC(=O)c4cccs4)sc3CC3C(C)(CO)C(O)CCC23C)CC1. The summed E-state index contributed by atoms with van der Waals surface area (Å²) in [6.07, 6.45) is 3.90. The van der Waals surface area contributed by atoms with Crippen molar-refractivity contribution in [3.8, 4) is 0 Å². The number of amides is 2. The van der Waals surface area contributed by atoms with Crippen LogP contribution < -0.4 is 5.32 Å². The highest BCUT2D eigenvalue weighted by molar-refractivity contribution is 7.16. The third-order valence-electron chi connectivity index (χ3n) is 9.37. The second kappa shape index (κ2) is 9.82. The quantitative estimate of drug-likeness (QED) is 0.526. The fraction of sp³-hybridized carbons (Fsp3) is 0.667. The van der Waals surface area contributed by atoms with E-state index >= 15 is 0 Å². The highest BCUT2D eigenvalue weighted by Gasteiger charge is 2.59. The van der Waals surface area contributed by atoms with Crippen LogP contribution in [0.5, 0.6) is 0 Å². The van der Waals surface area contributed by atoms with Gasteiger partial charge in [0.1, 0.15) is 0 Å². The minimum atomic E-state index is -0.656. The number of aliphatic hydroxyl groups is 2. The van der Waals surface area contributed by atoms with Crippen LogP contribution in [-0.4, -0.2) is 57.7 Å². The first-order chi connectivity index (χ1) is 17.2. The molecule has 0 radical (unpaired) electrons. The van der Waals surface area contributed by atoms with Gasteiger partial charge in [0.25, 0.3) is 5.91 Å². The number of carbonyl (C=O) groups is 2. The number of hydrogen-bond acceptors (Lipinski definition) is 7. The Bertz CT molecular complexity index is 1110. The average molecular weight is 532 g/mol. The fourth-order valence-electron chi connectivity index (χ4n) is 6.83. The summed E-state index contributed by atoms with van der Waals surface area (Å²) in [6.45, 7) is 7.94. The zero-order valence-corrected chi connectivity index (χ0v) is 23.0. The third kappa shape index (κ3) is 4.42. The molecular formula is C27H37N3O4S2. The largest absolute Gasteiger partial charge is 0.396 e. The lowest BCUT2D eigenvalue weighted by Gasteiger charge is -2.58. The number of thiophene rings is 1. The Labute approximate surface area is 220 Å². The summed E-state index contributed by atoms with van der Waals surface area (Å²) in [7, 11) is 0. The van der Waals surface area contributed by atoms with Crippen molar-refractivity contribution in [1.29, 1.82) is 0 Å². The molecule has 9 heteroatoms. The van der Waals surface area contributed by atoms with Crippen LogP contribution >= 0.6 is 22.7 Å². The van der Waals surface area contributed by atoms with Gasteiger partial charge >= 0.3 is 0 Å². The van der Waals surface area contributed by atoms with Crippen LogP contribution in [0.25, 0.3) is 0 Å². The van der Waals surface area contributed by atoms with Gasteiger partial charge in [-0.25, -0.2) is 4.98 Å². The molecule has 0 aromatic carbocycles. The number of hydrogen-bond donors (Lipinski definition) is 3. The van der Waals surface area contributed by atoms with Crippen molar-refractivity contribution in [3.63, 3.8) is 0 Å². The van der Waals surface area contributed by atoms with Gasteiger partial charge in [0.2, 0.25) is 5.91 Å². The van der Waals surface area contributed by atoms with Crippen LogP contribution in [0.1, 0.15) is 79.0 Å². The van der Waals surface area contributed by atoms with Gasteiger partial charge in [0.05, 0.1) is 23.3 Å². The van der Waals surface area contributed by atoms with Crippen LogP contribution in [0.2, 0.25) is 0 Å². The Morgan fingerprint density at radius 3 is 2.67 bits per heavy atom. The minimum Gasteiger partial charge on any atom is -0.396 e. The van der Waals surface area contributed by atoms with Crippen molar-refractivity contribution in [2.45, 2.75) is 71.3 Å². The first-order valence-electron chi connectivity index (χ1n) is 13.1. The Morgan fingerprint density at radius 2 is 2.00 bits per heavy atom. The summed E-state index contributed by atoms with van der Waals surface area (Å²) in [5.41, 5.74) is -0.0294. The molecule has 1 saturated heterocycles. The van der Waals surface area contributed by atoms with Crippen LogP contribution in [0.15, 0.2) is 17.5 Å². The average Bonchev–Trinajstić information content (AvgIpc) is 3.53. The van der Waals surface area contributed by atoms with Gasteiger partial charge in [0, 0.05) is 35.7 Å². The second-order valence-electron chi connectivity index (χ2n) is 11.6. The van der Waals surface area contributed by atoms with E-state index in [0.29, 0.717) is 35.2 Å². The van der Waals surface area contributed by atoms with E-state index in [1.165, 1.54) is 22.7 Å². The smallest absolute Gasteiger partial charge is 0.267 e.